The van der Waals surface area contributed by atoms with E-state index in [0.717, 1.165) is 28.2 Å². The summed E-state index contributed by atoms with van der Waals surface area (Å²) in [6.07, 6.45) is 3.63. The predicted octanol–water partition coefficient (Wildman–Crippen LogP) is 5.98. The summed E-state index contributed by atoms with van der Waals surface area (Å²) in [5.41, 5.74) is 5.37. The van der Waals surface area contributed by atoms with Crippen LogP contribution in [0.15, 0.2) is 97.3 Å². The van der Waals surface area contributed by atoms with Crippen LogP contribution in [0.5, 0.6) is 0 Å². The van der Waals surface area contributed by atoms with E-state index in [9.17, 15) is 0 Å². The lowest BCUT2D eigenvalue weighted by Gasteiger charge is -2.25. The van der Waals surface area contributed by atoms with E-state index in [4.69, 9.17) is 0 Å². The molecule has 0 aliphatic carbocycles. The van der Waals surface area contributed by atoms with Crippen molar-refractivity contribution in [3.63, 3.8) is 0 Å². The SMILES string of the molecule is CC#Cc1ncc(-c2ccc(N(c3ccccc3)c3ccccc3)cc2)cn1. The van der Waals surface area contributed by atoms with Crippen LogP contribution in [0.4, 0.5) is 17.1 Å². The largest absolute Gasteiger partial charge is 0.311 e. The first-order valence-corrected chi connectivity index (χ1v) is 9.10. The molecule has 0 aliphatic rings. The zero-order chi connectivity index (χ0) is 19.2. The van der Waals surface area contributed by atoms with Gasteiger partial charge in [0.05, 0.1) is 0 Å². The molecule has 3 heteroatoms. The van der Waals surface area contributed by atoms with Crippen molar-refractivity contribution in [2.75, 3.05) is 4.90 Å². The van der Waals surface area contributed by atoms with Gasteiger partial charge in [0.25, 0.3) is 0 Å². The third kappa shape index (κ3) is 3.77. The molecule has 1 heterocycles. The van der Waals surface area contributed by atoms with Crippen molar-refractivity contribution in [2.24, 2.45) is 0 Å². The van der Waals surface area contributed by atoms with Crippen molar-refractivity contribution in [3.8, 4) is 23.0 Å². The first-order chi connectivity index (χ1) is 13.8. The van der Waals surface area contributed by atoms with Crippen LogP contribution >= 0.6 is 0 Å². The third-order valence-corrected chi connectivity index (χ3v) is 4.38. The topological polar surface area (TPSA) is 29.0 Å². The molecular weight excluding hydrogens is 342 g/mol. The highest BCUT2D eigenvalue weighted by Gasteiger charge is 2.11. The molecule has 0 fully saturated rings. The Morgan fingerprint density at radius 1 is 0.607 bits per heavy atom. The number of hydrogen-bond donors (Lipinski definition) is 0. The van der Waals surface area contributed by atoms with Gasteiger partial charge in [-0.2, -0.15) is 0 Å². The zero-order valence-electron chi connectivity index (χ0n) is 15.6. The second-order valence-electron chi connectivity index (χ2n) is 6.22. The number of anilines is 3. The fourth-order valence-corrected chi connectivity index (χ4v) is 3.06. The quantitative estimate of drug-likeness (QED) is 0.418. The van der Waals surface area contributed by atoms with Crippen molar-refractivity contribution in [1.29, 1.82) is 0 Å². The van der Waals surface area contributed by atoms with E-state index >= 15 is 0 Å². The molecule has 3 nitrogen and oxygen atoms in total. The fourth-order valence-electron chi connectivity index (χ4n) is 3.06. The Labute approximate surface area is 165 Å². The van der Waals surface area contributed by atoms with E-state index in [1.807, 2.05) is 24.5 Å². The minimum atomic E-state index is 0.544. The Morgan fingerprint density at radius 3 is 1.61 bits per heavy atom. The van der Waals surface area contributed by atoms with Crippen molar-refractivity contribution < 1.29 is 0 Å². The molecule has 0 radical (unpaired) electrons. The summed E-state index contributed by atoms with van der Waals surface area (Å²) in [5.74, 6) is 6.23. The summed E-state index contributed by atoms with van der Waals surface area (Å²) in [4.78, 5) is 10.8. The average Bonchev–Trinajstić information content (AvgIpc) is 2.77. The molecule has 0 saturated carbocycles. The minimum Gasteiger partial charge on any atom is -0.311 e. The van der Waals surface area contributed by atoms with Crippen LogP contribution in [0.1, 0.15) is 12.7 Å². The molecule has 0 saturated heterocycles. The lowest BCUT2D eigenvalue weighted by Crippen LogP contribution is -2.09. The summed E-state index contributed by atoms with van der Waals surface area (Å²) in [6.45, 7) is 1.78. The van der Waals surface area contributed by atoms with Gasteiger partial charge >= 0.3 is 0 Å². The maximum Gasteiger partial charge on any atom is 0.204 e. The van der Waals surface area contributed by atoms with E-state index in [0.29, 0.717) is 5.82 Å². The van der Waals surface area contributed by atoms with E-state index in [1.54, 1.807) is 6.92 Å². The van der Waals surface area contributed by atoms with Gasteiger partial charge < -0.3 is 4.90 Å². The van der Waals surface area contributed by atoms with Crippen LogP contribution in [0.25, 0.3) is 11.1 Å². The van der Waals surface area contributed by atoms with Crippen LogP contribution in [0, 0.1) is 11.8 Å². The molecule has 0 unspecified atom stereocenters. The van der Waals surface area contributed by atoms with Gasteiger partial charge in [-0.05, 0) is 54.8 Å². The molecule has 4 aromatic rings. The molecular formula is C25H19N3. The monoisotopic (exact) mass is 361 g/mol. The standard InChI is InChI=1S/C25H19N3/c1-2-9-25-26-18-21(19-27-25)20-14-16-24(17-15-20)28(22-10-5-3-6-11-22)23-12-7-4-8-13-23/h3-8,10-19H,1H3. The van der Waals surface area contributed by atoms with Gasteiger partial charge in [0.15, 0.2) is 0 Å². The molecule has 0 aliphatic heterocycles. The fraction of sp³-hybridized carbons (Fsp3) is 0.0400. The molecule has 4 rings (SSSR count). The highest BCUT2D eigenvalue weighted by molar-refractivity contribution is 5.77. The molecule has 0 spiro atoms. The van der Waals surface area contributed by atoms with E-state index < -0.39 is 0 Å². The Morgan fingerprint density at radius 2 is 1.11 bits per heavy atom. The van der Waals surface area contributed by atoms with Crippen LogP contribution in [0.2, 0.25) is 0 Å². The summed E-state index contributed by atoms with van der Waals surface area (Å²) in [6, 6.07) is 29.2. The molecule has 0 atom stereocenters. The predicted molar refractivity (Wildman–Crippen MR) is 115 cm³/mol. The summed E-state index contributed by atoms with van der Waals surface area (Å²) < 4.78 is 0. The Hall–Kier alpha value is -3.90. The van der Waals surface area contributed by atoms with Crippen molar-refractivity contribution in [1.82, 2.24) is 9.97 Å². The summed E-state index contributed by atoms with van der Waals surface area (Å²) in [7, 11) is 0. The molecule has 0 amide bonds. The van der Waals surface area contributed by atoms with Crippen LogP contribution in [0.3, 0.4) is 0 Å². The Kier molecular flexibility index (Phi) is 5.13. The second kappa shape index (κ2) is 8.20. The highest BCUT2D eigenvalue weighted by atomic mass is 15.1. The second-order valence-corrected chi connectivity index (χ2v) is 6.22. The first kappa shape index (κ1) is 17.5. The van der Waals surface area contributed by atoms with Gasteiger partial charge in [0, 0.05) is 35.0 Å². The maximum absolute atomic E-state index is 4.30. The minimum absolute atomic E-state index is 0.544. The normalized spacial score (nSPS) is 10.0. The van der Waals surface area contributed by atoms with Crippen molar-refractivity contribution in [3.05, 3.63) is 103 Å². The van der Waals surface area contributed by atoms with Gasteiger partial charge in [-0.1, -0.05) is 54.5 Å². The molecule has 0 N–H and O–H groups in total. The van der Waals surface area contributed by atoms with Gasteiger partial charge in [-0.25, -0.2) is 9.97 Å². The first-order valence-electron chi connectivity index (χ1n) is 9.10. The molecule has 0 bridgehead atoms. The molecule has 1 aromatic heterocycles. The van der Waals surface area contributed by atoms with Crippen molar-refractivity contribution in [2.45, 2.75) is 6.92 Å². The van der Waals surface area contributed by atoms with Crippen LogP contribution in [-0.4, -0.2) is 9.97 Å². The number of hydrogen-bond acceptors (Lipinski definition) is 3. The smallest absolute Gasteiger partial charge is 0.204 e. The van der Waals surface area contributed by atoms with Gasteiger partial charge in [-0.15, -0.1) is 0 Å². The molecule has 134 valence electrons. The van der Waals surface area contributed by atoms with Crippen LogP contribution < -0.4 is 4.90 Å². The van der Waals surface area contributed by atoms with Crippen molar-refractivity contribution >= 4 is 17.1 Å². The van der Waals surface area contributed by atoms with E-state index in [2.05, 4.69) is 99.5 Å². The number of aromatic nitrogens is 2. The Balaban J connectivity index is 1.69. The lowest BCUT2D eigenvalue weighted by molar-refractivity contribution is 1.13. The zero-order valence-corrected chi connectivity index (χ0v) is 15.6. The summed E-state index contributed by atoms with van der Waals surface area (Å²) in [5, 5.41) is 0. The van der Waals surface area contributed by atoms with Gasteiger partial charge in [-0.3, -0.25) is 0 Å². The lowest BCUT2D eigenvalue weighted by atomic mass is 10.1. The molecule has 3 aromatic carbocycles. The average molecular weight is 361 g/mol. The van der Waals surface area contributed by atoms with Gasteiger partial charge in [0.2, 0.25) is 5.82 Å². The molecule has 28 heavy (non-hydrogen) atoms. The van der Waals surface area contributed by atoms with Crippen LogP contribution in [-0.2, 0) is 0 Å². The summed E-state index contributed by atoms with van der Waals surface area (Å²) >= 11 is 0. The highest BCUT2D eigenvalue weighted by Crippen LogP contribution is 2.34. The van der Waals surface area contributed by atoms with Gasteiger partial charge in [0.1, 0.15) is 0 Å². The Bertz CT molecular complexity index is 1050. The number of rotatable bonds is 4. The maximum atomic E-state index is 4.30. The number of nitrogens with zero attached hydrogens (tertiary/aromatic N) is 3. The van der Waals surface area contributed by atoms with E-state index in [1.165, 1.54) is 0 Å². The van der Waals surface area contributed by atoms with E-state index in [-0.39, 0.29) is 0 Å². The number of benzene rings is 3. The number of para-hydroxylation sites is 2. The third-order valence-electron chi connectivity index (χ3n) is 4.38.